The maximum atomic E-state index is 13.2. The molecule has 0 aliphatic heterocycles. The van der Waals surface area contributed by atoms with E-state index in [2.05, 4.69) is 0 Å². The van der Waals surface area contributed by atoms with Crippen LogP contribution in [0.15, 0.2) is 9.59 Å². The maximum Gasteiger partial charge on any atom is 0.331 e. The van der Waals surface area contributed by atoms with E-state index in [0.29, 0.717) is 5.92 Å². The third-order valence-corrected chi connectivity index (χ3v) is 3.71. The van der Waals surface area contributed by atoms with Crippen LogP contribution < -0.4 is 11.2 Å². The number of halogens is 1. The van der Waals surface area contributed by atoms with E-state index in [1.807, 2.05) is 18.8 Å². The van der Waals surface area contributed by atoms with Crippen molar-refractivity contribution in [3.05, 3.63) is 26.7 Å². The van der Waals surface area contributed by atoms with E-state index in [4.69, 9.17) is 0 Å². The number of hydrogen-bond donors (Lipinski definition) is 2. The summed E-state index contributed by atoms with van der Waals surface area (Å²) in [4.78, 5) is 24.3. The minimum Gasteiger partial charge on any atom is -0.492 e. The predicted molar refractivity (Wildman–Crippen MR) is 59.5 cm³/mol. The SMILES string of the molecule is CC(C)C1(Cn2c(O)c(F)c(=O)[nH]c2=O)CC1. The van der Waals surface area contributed by atoms with Gasteiger partial charge in [-0.05, 0) is 24.2 Å². The highest BCUT2D eigenvalue weighted by Crippen LogP contribution is 2.53. The van der Waals surface area contributed by atoms with E-state index in [-0.39, 0.29) is 12.0 Å². The summed E-state index contributed by atoms with van der Waals surface area (Å²) in [6.45, 7) is 4.29. The molecule has 1 aliphatic rings. The Morgan fingerprint density at radius 2 is 2.06 bits per heavy atom. The summed E-state index contributed by atoms with van der Waals surface area (Å²) in [5.41, 5.74) is -2.01. The Bertz CT molecular complexity index is 555. The van der Waals surface area contributed by atoms with Crippen molar-refractivity contribution < 1.29 is 9.50 Å². The second kappa shape index (κ2) is 3.72. The summed E-state index contributed by atoms with van der Waals surface area (Å²) >= 11 is 0. The van der Waals surface area contributed by atoms with Crippen molar-refractivity contribution in [3.63, 3.8) is 0 Å². The fourth-order valence-electron chi connectivity index (χ4n) is 2.08. The number of aromatic amines is 1. The van der Waals surface area contributed by atoms with Gasteiger partial charge in [0.25, 0.3) is 5.56 Å². The predicted octanol–water partition coefficient (Wildman–Crippen LogP) is 0.818. The molecule has 2 N–H and O–H groups in total. The molecule has 0 amide bonds. The molecule has 0 unspecified atom stereocenters. The molecule has 1 heterocycles. The first-order chi connectivity index (χ1) is 7.87. The van der Waals surface area contributed by atoms with Crippen molar-refractivity contribution in [1.29, 1.82) is 0 Å². The van der Waals surface area contributed by atoms with Crippen LogP contribution in [0, 0.1) is 17.2 Å². The van der Waals surface area contributed by atoms with Gasteiger partial charge in [-0.25, -0.2) is 4.79 Å². The van der Waals surface area contributed by atoms with Gasteiger partial charge in [-0.1, -0.05) is 13.8 Å². The molecule has 1 aromatic rings. The molecule has 1 saturated carbocycles. The highest BCUT2D eigenvalue weighted by atomic mass is 19.1. The van der Waals surface area contributed by atoms with Gasteiger partial charge in [0.2, 0.25) is 11.7 Å². The van der Waals surface area contributed by atoms with Crippen molar-refractivity contribution in [2.24, 2.45) is 11.3 Å². The Morgan fingerprint density at radius 1 is 1.47 bits per heavy atom. The Morgan fingerprint density at radius 3 is 2.53 bits per heavy atom. The lowest BCUT2D eigenvalue weighted by Gasteiger charge is -2.21. The first-order valence-electron chi connectivity index (χ1n) is 5.59. The molecule has 5 nitrogen and oxygen atoms in total. The molecule has 1 aliphatic carbocycles. The lowest BCUT2D eigenvalue weighted by atomic mass is 9.92. The fraction of sp³-hybridized carbons (Fsp3) is 0.636. The minimum absolute atomic E-state index is 0.0635. The van der Waals surface area contributed by atoms with Gasteiger partial charge < -0.3 is 5.11 Å². The van der Waals surface area contributed by atoms with E-state index in [0.717, 1.165) is 17.4 Å². The lowest BCUT2D eigenvalue weighted by Crippen LogP contribution is -2.34. The van der Waals surface area contributed by atoms with E-state index < -0.39 is 22.9 Å². The zero-order valence-corrected chi connectivity index (χ0v) is 9.79. The topological polar surface area (TPSA) is 75.1 Å². The van der Waals surface area contributed by atoms with Gasteiger partial charge in [0.1, 0.15) is 0 Å². The summed E-state index contributed by atoms with van der Waals surface area (Å²) in [5.74, 6) is -1.83. The lowest BCUT2D eigenvalue weighted by molar-refractivity contribution is 0.270. The van der Waals surface area contributed by atoms with E-state index in [1.165, 1.54) is 0 Å². The zero-order valence-electron chi connectivity index (χ0n) is 9.79. The molecule has 0 aromatic carbocycles. The molecule has 17 heavy (non-hydrogen) atoms. The van der Waals surface area contributed by atoms with E-state index >= 15 is 0 Å². The van der Waals surface area contributed by atoms with E-state index in [9.17, 15) is 19.1 Å². The summed E-state index contributed by atoms with van der Waals surface area (Å²) in [5, 5.41) is 9.50. The number of H-pyrrole nitrogens is 1. The van der Waals surface area contributed by atoms with Gasteiger partial charge in [-0.15, -0.1) is 0 Å². The highest BCUT2D eigenvalue weighted by Gasteiger charge is 2.46. The zero-order chi connectivity index (χ0) is 12.8. The third kappa shape index (κ3) is 1.87. The maximum absolute atomic E-state index is 13.2. The van der Waals surface area contributed by atoms with Crippen LogP contribution in [0.2, 0.25) is 0 Å². The fourth-order valence-corrected chi connectivity index (χ4v) is 2.08. The summed E-state index contributed by atoms with van der Waals surface area (Å²) in [6, 6.07) is 0. The third-order valence-electron chi connectivity index (χ3n) is 3.71. The molecule has 0 bridgehead atoms. The first kappa shape index (κ1) is 11.9. The van der Waals surface area contributed by atoms with Crippen LogP contribution >= 0.6 is 0 Å². The largest absolute Gasteiger partial charge is 0.492 e. The van der Waals surface area contributed by atoms with Gasteiger partial charge in [-0.3, -0.25) is 14.3 Å². The number of aromatic nitrogens is 2. The van der Waals surface area contributed by atoms with Crippen LogP contribution in [-0.2, 0) is 6.54 Å². The van der Waals surface area contributed by atoms with Gasteiger partial charge in [0.15, 0.2) is 0 Å². The average molecular weight is 242 g/mol. The molecule has 0 atom stereocenters. The molecule has 2 rings (SSSR count). The van der Waals surface area contributed by atoms with Crippen molar-refractivity contribution >= 4 is 0 Å². The monoisotopic (exact) mass is 242 g/mol. The van der Waals surface area contributed by atoms with Crippen LogP contribution in [0.3, 0.4) is 0 Å². The molecule has 6 heteroatoms. The van der Waals surface area contributed by atoms with Crippen LogP contribution in [0.4, 0.5) is 4.39 Å². The molecule has 0 spiro atoms. The van der Waals surface area contributed by atoms with Crippen molar-refractivity contribution in [2.45, 2.75) is 33.2 Å². The number of nitrogens with one attached hydrogen (secondary N) is 1. The Balaban J connectivity index is 2.44. The molecule has 1 fully saturated rings. The Kier molecular flexibility index (Phi) is 2.60. The molecule has 94 valence electrons. The second-order valence-corrected chi connectivity index (χ2v) is 5.00. The van der Waals surface area contributed by atoms with E-state index in [1.54, 1.807) is 0 Å². The summed E-state index contributed by atoms with van der Waals surface area (Å²) < 4.78 is 14.1. The molecular weight excluding hydrogens is 227 g/mol. The normalized spacial score (nSPS) is 17.4. The van der Waals surface area contributed by atoms with Crippen LogP contribution in [0.5, 0.6) is 5.88 Å². The highest BCUT2D eigenvalue weighted by molar-refractivity contribution is 5.11. The molecule has 0 saturated heterocycles. The summed E-state index contributed by atoms with van der Waals surface area (Å²) in [7, 11) is 0. The molecular formula is C11H15FN2O3. The standard InChI is InChI=1S/C11H15FN2O3/c1-6(2)11(3-4-11)5-14-9(16)7(12)8(15)13-10(14)17/h6,16H,3-5H2,1-2H3,(H,13,15,17). The molecule has 1 aromatic heterocycles. The minimum atomic E-state index is -1.30. The van der Waals surface area contributed by atoms with Crippen LogP contribution in [-0.4, -0.2) is 14.7 Å². The Hall–Kier alpha value is -1.59. The number of aromatic hydroxyl groups is 1. The van der Waals surface area contributed by atoms with Crippen molar-refractivity contribution in [1.82, 2.24) is 9.55 Å². The van der Waals surface area contributed by atoms with Crippen LogP contribution in [0.1, 0.15) is 26.7 Å². The van der Waals surface area contributed by atoms with Gasteiger partial charge in [-0.2, -0.15) is 4.39 Å². The van der Waals surface area contributed by atoms with Crippen LogP contribution in [0.25, 0.3) is 0 Å². The number of nitrogens with zero attached hydrogens (tertiary/aromatic N) is 1. The molecule has 0 radical (unpaired) electrons. The van der Waals surface area contributed by atoms with Gasteiger partial charge in [0, 0.05) is 6.54 Å². The van der Waals surface area contributed by atoms with Gasteiger partial charge in [0.05, 0.1) is 0 Å². The number of hydrogen-bond acceptors (Lipinski definition) is 3. The van der Waals surface area contributed by atoms with Crippen molar-refractivity contribution in [3.8, 4) is 5.88 Å². The Labute approximate surface area is 96.9 Å². The van der Waals surface area contributed by atoms with Gasteiger partial charge >= 0.3 is 5.69 Å². The summed E-state index contributed by atoms with van der Waals surface area (Å²) in [6.07, 6.45) is 1.88. The van der Waals surface area contributed by atoms with Crippen molar-refractivity contribution in [2.75, 3.05) is 0 Å². The second-order valence-electron chi connectivity index (χ2n) is 5.00. The smallest absolute Gasteiger partial charge is 0.331 e. The average Bonchev–Trinajstić information content (AvgIpc) is 3.02. The number of rotatable bonds is 3. The first-order valence-corrected chi connectivity index (χ1v) is 5.59. The quantitative estimate of drug-likeness (QED) is 0.823.